The first-order valence-electron chi connectivity index (χ1n) is 12.7. The molecule has 1 aliphatic heterocycles. The highest BCUT2D eigenvalue weighted by molar-refractivity contribution is 5.94. The molecular weight excluding hydrogens is 487 g/mol. The van der Waals surface area contributed by atoms with Gasteiger partial charge in [-0.15, -0.1) is 0 Å². The predicted molar refractivity (Wildman–Crippen MR) is 144 cm³/mol. The average Bonchev–Trinajstić information content (AvgIpc) is 3.31. The highest BCUT2D eigenvalue weighted by atomic mass is 19.1. The van der Waals surface area contributed by atoms with Crippen LogP contribution in [0.3, 0.4) is 0 Å². The molecule has 2 amide bonds. The van der Waals surface area contributed by atoms with Crippen LogP contribution in [0, 0.1) is 5.82 Å². The topological polar surface area (TPSA) is 92.6 Å². The van der Waals surface area contributed by atoms with E-state index in [1.54, 1.807) is 42.0 Å². The minimum atomic E-state index is -0.554. The Hall–Kier alpha value is -3.95. The van der Waals surface area contributed by atoms with Crippen molar-refractivity contribution in [2.45, 2.75) is 65.3 Å². The first kappa shape index (κ1) is 27.1. The van der Waals surface area contributed by atoms with Crippen LogP contribution in [0.25, 0.3) is 11.1 Å². The van der Waals surface area contributed by atoms with Crippen molar-refractivity contribution in [1.29, 1.82) is 0 Å². The molecule has 3 aromatic rings. The monoisotopic (exact) mass is 522 g/mol. The fourth-order valence-corrected chi connectivity index (χ4v) is 4.64. The Bertz CT molecular complexity index is 1320. The zero-order valence-electron chi connectivity index (χ0n) is 22.7. The van der Waals surface area contributed by atoms with E-state index in [1.807, 2.05) is 52.1 Å². The number of nitrogens with zero attached hydrogens (tertiary/aromatic N) is 5. The number of anilines is 2. The summed E-state index contributed by atoms with van der Waals surface area (Å²) in [5.41, 5.74) is 2.94. The summed E-state index contributed by atoms with van der Waals surface area (Å²) in [5.74, 6) is -0.292. The fourth-order valence-electron chi connectivity index (χ4n) is 4.64. The maximum absolute atomic E-state index is 14.4. The zero-order valence-corrected chi connectivity index (χ0v) is 22.7. The van der Waals surface area contributed by atoms with Crippen molar-refractivity contribution in [3.05, 3.63) is 60.3 Å². The average molecular weight is 523 g/mol. The van der Waals surface area contributed by atoms with Gasteiger partial charge < -0.3 is 19.9 Å². The van der Waals surface area contributed by atoms with Crippen molar-refractivity contribution < 1.29 is 18.7 Å². The number of pyridine rings is 1. The smallest absolute Gasteiger partial charge is 0.410 e. The fraction of sp³-hybridized carbons (Fsp3) is 0.429. The number of rotatable bonds is 6. The van der Waals surface area contributed by atoms with E-state index in [9.17, 15) is 14.0 Å². The van der Waals surface area contributed by atoms with Gasteiger partial charge in [0.25, 0.3) is 0 Å². The summed E-state index contributed by atoms with van der Waals surface area (Å²) in [6.07, 6.45) is 5.45. The van der Waals surface area contributed by atoms with Crippen molar-refractivity contribution in [2.75, 3.05) is 23.8 Å². The van der Waals surface area contributed by atoms with Gasteiger partial charge in [-0.1, -0.05) is 6.07 Å². The predicted octanol–water partition coefficient (Wildman–Crippen LogP) is 5.25. The maximum Gasteiger partial charge on any atom is 0.410 e. The van der Waals surface area contributed by atoms with E-state index in [1.165, 1.54) is 11.0 Å². The molecule has 2 unspecified atom stereocenters. The summed E-state index contributed by atoms with van der Waals surface area (Å²) in [4.78, 5) is 32.2. The van der Waals surface area contributed by atoms with Crippen LogP contribution in [0.1, 0.15) is 52.6 Å². The summed E-state index contributed by atoms with van der Waals surface area (Å²) < 4.78 is 21.6. The number of benzene rings is 1. The first-order chi connectivity index (χ1) is 17.9. The highest BCUT2D eigenvalue weighted by Gasteiger charge is 2.33. The number of nitrogens with one attached hydrogen (secondary N) is 1. The summed E-state index contributed by atoms with van der Waals surface area (Å²) in [6, 6.07) is 8.52. The number of carbonyl (C=O) groups excluding carboxylic acids is 2. The van der Waals surface area contributed by atoms with Crippen molar-refractivity contribution >= 4 is 23.5 Å². The molecule has 0 bridgehead atoms. The number of amides is 2. The quantitative estimate of drug-likeness (QED) is 0.475. The summed E-state index contributed by atoms with van der Waals surface area (Å²) in [6.45, 7) is 9.98. The molecule has 9 nitrogen and oxygen atoms in total. The van der Waals surface area contributed by atoms with Gasteiger partial charge in [-0.2, -0.15) is 5.10 Å². The van der Waals surface area contributed by atoms with E-state index in [-0.39, 0.29) is 29.9 Å². The Labute approximate surface area is 222 Å². The summed E-state index contributed by atoms with van der Waals surface area (Å²) in [7, 11) is 1.70. The minimum absolute atomic E-state index is 0.0455. The van der Waals surface area contributed by atoms with Gasteiger partial charge in [0.1, 0.15) is 5.60 Å². The van der Waals surface area contributed by atoms with Crippen LogP contribution in [0.15, 0.2) is 48.9 Å². The lowest BCUT2D eigenvalue weighted by molar-refractivity contribution is -0.117. The van der Waals surface area contributed by atoms with Crippen LogP contribution in [0.4, 0.5) is 20.7 Å². The molecule has 1 aliphatic rings. The van der Waals surface area contributed by atoms with Crippen molar-refractivity contribution in [2.24, 2.45) is 0 Å². The molecule has 0 radical (unpaired) electrons. The van der Waals surface area contributed by atoms with Crippen LogP contribution in [0.5, 0.6) is 0 Å². The normalized spacial score (nSPS) is 17.1. The number of fused-ring (bicyclic) bond motifs is 1. The number of hydrogen-bond acceptors (Lipinski definition) is 6. The van der Waals surface area contributed by atoms with Crippen LogP contribution in [-0.2, 0) is 16.1 Å². The molecule has 0 saturated heterocycles. The van der Waals surface area contributed by atoms with Gasteiger partial charge in [-0.3, -0.25) is 9.48 Å². The maximum atomic E-state index is 14.4. The van der Waals surface area contributed by atoms with E-state index in [0.717, 1.165) is 22.4 Å². The third-order valence-electron chi connectivity index (χ3n) is 6.43. The second kappa shape index (κ2) is 10.8. The van der Waals surface area contributed by atoms with Gasteiger partial charge in [-0.25, -0.2) is 14.2 Å². The Balaban J connectivity index is 1.57. The molecular formula is C28H35FN6O3. The molecule has 2 atom stereocenters. The molecule has 0 saturated carbocycles. The number of ether oxygens (including phenoxy) is 1. The molecule has 202 valence electrons. The number of aromatic nitrogens is 3. The summed E-state index contributed by atoms with van der Waals surface area (Å²) >= 11 is 0. The van der Waals surface area contributed by atoms with E-state index < -0.39 is 11.4 Å². The van der Waals surface area contributed by atoms with E-state index >= 15 is 0 Å². The molecule has 0 spiro atoms. The molecule has 3 heterocycles. The van der Waals surface area contributed by atoms with Crippen molar-refractivity contribution in [3.63, 3.8) is 0 Å². The van der Waals surface area contributed by atoms with E-state index in [2.05, 4.69) is 15.4 Å². The standard InChI is InChI=1S/C28H35FN6O3/c1-18-14-24(32-26-23(29)8-7-11-30-26)22-15-20(9-10-25(22)35(18)19(2)36)21-16-31-34(17-21)13-12-33(6)27(37)38-28(3,4)5/h7-11,15-18,24H,12-14H2,1-6H3,(H,30,32). The third-order valence-corrected chi connectivity index (χ3v) is 6.43. The van der Waals surface area contributed by atoms with Crippen molar-refractivity contribution in [1.82, 2.24) is 19.7 Å². The largest absolute Gasteiger partial charge is 0.444 e. The number of halogens is 1. The van der Waals surface area contributed by atoms with Gasteiger partial charge in [0, 0.05) is 50.2 Å². The van der Waals surface area contributed by atoms with Crippen LogP contribution in [0.2, 0.25) is 0 Å². The van der Waals surface area contributed by atoms with Gasteiger partial charge in [0.2, 0.25) is 5.91 Å². The lowest BCUT2D eigenvalue weighted by Crippen LogP contribution is -2.43. The molecule has 4 rings (SSSR count). The number of hydrogen-bond donors (Lipinski definition) is 1. The van der Waals surface area contributed by atoms with Gasteiger partial charge in [0.05, 0.1) is 18.8 Å². The Morgan fingerprint density at radius 2 is 2.00 bits per heavy atom. The summed E-state index contributed by atoms with van der Waals surface area (Å²) in [5, 5.41) is 7.71. The van der Waals surface area contributed by atoms with Crippen LogP contribution < -0.4 is 10.2 Å². The van der Waals surface area contributed by atoms with Gasteiger partial charge in [0.15, 0.2) is 11.6 Å². The van der Waals surface area contributed by atoms with Crippen molar-refractivity contribution in [3.8, 4) is 11.1 Å². The zero-order chi connectivity index (χ0) is 27.6. The SMILES string of the molecule is CC(=O)N1c2ccc(-c3cnn(CCN(C)C(=O)OC(C)(C)C)c3)cc2C(Nc2ncccc2F)CC1C. The van der Waals surface area contributed by atoms with E-state index in [4.69, 9.17) is 4.74 Å². The molecule has 38 heavy (non-hydrogen) atoms. The number of carbonyl (C=O) groups is 2. The molecule has 2 aromatic heterocycles. The second-order valence-electron chi connectivity index (χ2n) is 10.7. The first-order valence-corrected chi connectivity index (χ1v) is 12.7. The molecule has 0 fully saturated rings. The van der Waals surface area contributed by atoms with Crippen LogP contribution in [-0.4, -0.2) is 56.9 Å². The van der Waals surface area contributed by atoms with Crippen LogP contribution >= 0.6 is 0 Å². The molecule has 10 heteroatoms. The molecule has 1 aromatic carbocycles. The number of likely N-dealkylation sites (N-methyl/N-ethyl adjacent to an activating group) is 1. The second-order valence-corrected chi connectivity index (χ2v) is 10.7. The lowest BCUT2D eigenvalue weighted by atomic mass is 9.89. The van der Waals surface area contributed by atoms with Gasteiger partial charge >= 0.3 is 6.09 Å². The van der Waals surface area contributed by atoms with Gasteiger partial charge in [-0.05, 0) is 69.5 Å². The minimum Gasteiger partial charge on any atom is -0.444 e. The Morgan fingerprint density at radius 3 is 2.68 bits per heavy atom. The van der Waals surface area contributed by atoms with E-state index in [0.29, 0.717) is 19.5 Å². The Morgan fingerprint density at radius 1 is 1.24 bits per heavy atom. The third kappa shape index (κ3) is 6.12. The molecule has 1 N–H and O–H groups in total. The molecule has 0 aliphatic carbocycles. The Kier molecular flexibility index (Phi) is 7.71. The lowest BCUT2D eigenvalue weighted by Gasteiger charge is -2.39. The highest BCUT2D eigenvalue weighted by Crippen LogP contribution is 2.41.